The third-order valence-corrected chi connectivity index (χ3v) is 5.91. The summed E-state index contributed by atoms with van der Waals surface area (Å²) in [6.07, 6.45) is 4.51. The number of thiocarbonyl (C=S) groups is 1. The number of carbonyl (C=O) groups excluding carboxylic acids is 1. The minimum Gasteiger partial charge on any atom is -0.493 e. The molecule has 1 saturated carbocycles. The predicted molar refractivity (Wildman–Crippen MR) is 120 cm³/mol. The van der Waals surface area contributed by atoms with Crippen molar-refractivity contribution < 1.29 is 14.3 Å². The van der Waals surface area contributed by atoms with Crippen LogP contribution in [-0.4, -0.2) is 30.8 Å². The summed E-state index contributed by atoms with van der Waals surface area (Å²) in [5, 5.41) is 3.77. The van der Waals surface area contributed by atoms with E-state index in [1.807, 2.05) is 0 Å². The van der Waals surface area contributed by atoms with Crippen molar-refractivity contribution in [2.24, 2.45) is 17.8 Å². The van der Waals surface area contributed by atoms with Crippen LogP contribution in [0.4, 0.5) is 0 Å². The maximum absolute atomic E-state index is 12.5. The number of ether oxygens (including phenoxy) is 2. The van der Waals surface area contributed by atoms with Gasteiger partial charge in [-0.3, -0.25) is 15.6 Å². The summed E-state index contributed by atoms with van der Waals surface area (Å²) in [6.45, 7) is 9.44. The molecule has 1 aliphatic carbocycles. The van der Waals surface area contributed by atoms with Crippen molar-refractivity contribution in [2.45, 2.75) is 59.4 Å². The van der Waals surface area contributed by atoms with Crippen molar-refractivity contribution in [1.29, 1.82) is 0 Å². The average Bonchev–Trinajstić information content (AvgIpc) is 2.69. The number of amides is 1. The molecule has 7 heteroatoms. The molecular formula is C22H35N3O3S. The van der Waals surface area contributed by atoms with E-state index in [-0.39, 0.29) is 5.91 Å². The first kappa shape index (κ1) is 23.3. The van der Waals surface area contributed by atoms with E-state index in [9.17, 15) is 4.79 Å². The molecule has 3 atom stereocenters. The lowest BCUT2D eigenvalue weighted by molar-refractivity contribution is 0.0942. The van der Waals surface area contributed by atoms with Gasteiger partial charge in [-0.25, -0.2) is 0 Å². The number of nitrogens with one attached hydrogen (secondary N) is 3. The minimum atomic E-state index is -0.286. The zero-order valence-electron chi connectivity index (χ0n) is 18.2. The molecule has 0 unspecified atom stereocenters. The zero-order chi connectivity index (χ0) is 21.4. The van der Waals surface area contributed by atoms with Crippen molar-refractivity contribution in [3.05, 3.63) is 23.8 Å². The molecule has 1 aliphatic rings. The number of carbonyl (C=O) groups is 1. The van der Waals surface area contributed by atoms with E-state index in [1.54, 1.807) is 25.3 Å². The monoisotopic (exact) mass is 421 g/mol. The smallest absolute Gasteiger partial charge is 0.269 e. The molecule has 0 aromatic heterocycles. The van der Waals surface area contributed by atoms with Gasteiger partial charge in [-0.2, -0.15) is 0 Å². The van der Waals surface area contributed by atoms with Gasteiger partial charge in [0.15, 0.2) is 16.6 Å². The molecule has 0 heterocycles. The van der Waals surface area contributed by atoms with Gasteiger partial charge in [0.1, 0.15) is 0 Å². The second kappa shape index (κ2) is 11.2. The van der Waals surface area contributed by atoms with Crippen molar-refractivity contribution >= 4 is 23.2 Å². The molecule has 29 heavy (non-hydrogen) atoms. The van der Waals surface area contributed by atoms with Gasteiger partial charge in [0, 0.05) is 11.6 Å². The van der Waals surface area contributed by atoms with Gasteiger partial charge < -0.3 is 14.8 Å². The van der Waals surface area contributed by atoms with Crippen LogP contribution in [-0.2, 0) is 0 Å². The van der Waals surface area contributed by atoms with E-state index >= 15 is 0 Å². The Morgan fingerprint density at radius 3 is 2.66 bits per heavy atom. The molecule has 3 N–H and O–H groups in total. The van der Waals surface area contributed by atoms with Gasteiger partial charge in [0.05, 0.1) is 13.7 Å². The number of rotatable bonds is 7. The topological polar surface area (TPSA) is 71.6 Å². The van der Waals surface area contributed by atoms with Crippen LogP contribution in [0.1, 0.15) is 63.7 Å². The standard InChI is InChI=1S/C22H35N3O3S/c1-14(2)11-12-28-19-10-9-17(13-20(19)27-5)21(26)24-25-22(29)23-18-8-6-7-15(3)16(18)4/h9-10,13-16,18H,6-8,11-12H2,1-5H3,(H,24,26)(H2,23,25,29)/t15-,16-,18-/m1/s1. The summed E-state index contributed by atoms with van der Waals surface area (Å²) in [4.78, 5) is 12.5. The van der Waals surface area contributed by atoms with E-state index < -0.39 is 0 Å². The molecule has 162 valence electrons. The molecule has 1 amide bonds. The van der Waals surface area contributed by atoms with Crippen LogP contribution < -0.4 is 25.6 Å². The molecule has 1 aromatic carbocycles. The SMILES string of the molecule is COc1cc(C(=O)NNC(=S)N[C@@H]2CCC[C@@H](C)[C@H]2C)ccc1OCCC(C)C. The fraction of sp³-hybridized carbons (Fsp3) is 0.636. The number of hydrogen-bond donors (Lipinski definition) is 3. The Morgan fingerprint density at radius 1 is 1.21 bits per heavy atom. The first-order valence-electron chi connectivity index (χ1n) is 10.5. The van der Waals surface area contributed by atoms with Crippen LogP contribution in [0, 0.1) is 17.8 Å². The lowest BCUT2D eigenvalue weighted by Crippen LogP contribution is -2.52. The fourth-order valence-electron chi connectivity index (χ4n) is 3.51. The van der Waals surface area contributed by atoms with E-state index in [0.717, 1.165) is 12.8 Å². The molecule has 0 bridgehead atoms. The summed E-state index contributed by atoms with van der Waals surface area (Å²) in [6, 6.07) is 5.47. The lowest BCUT2D eigenvalue weighted by Gasteiger charge is -2.35. The molecule has 6 nitrogen and oxygen atoms in total. The van der Waals surface area contributed by atoms with Crippen LogP contribution in [0.5, 0.6) is 11.5 Å². The van der Waals surface area contributed by atoms with Crippen molar-refractivity contribution in [3.63, 3.8) is 0 Å². The van der Waals surface area contributed by atoms with Gasteiger partial charge in [-0.15, -0.1) is 0 Å². The Morgan fingerprint density at radius 2 is 1.97 bits per heavy atom. The second-order valence-electron chi connectivity index (χ2n) is 8.32. The quantitative estimate of drug-likeness (QED) is 0.456. The Bertz CT molecular complexity index is 696. The Kier molecular flexibility index (Phi) is 9.01. The van der Waals surface area contributed by atoms with E-state index in [4.69, 9.17) is 21.7 Å². The maximum atomic E-state index is 12.5. The maximum Gasteiger partial charge on any atom is 0.269 e. The van der Waals surface area contributed by atoms with Crippen LogP contribution in [0.3, 0.4) is 0 Å². The summed E-state index contributed by atoms with van der Waals surface area (Å²) in [5.74, 6) is 2.67. The van der Waals surface area contributed by atoms with E-state index in [0.29, 0.717) is 52.6 Å². The van der Waals surface area contributed by atoms with Gasteiger partial charge in [-0.1, -0.05) is 40.5 Å². The minimum absolute atomic E-state index is 0.286. The Hall–Kier alpha value is -2.02. The second-order valence-corrected chi connectivity index (χ2v) is 8.73. The molecule has 0 spiro atoms. The Labute approximate surface area is 180 Å². The third-order valence-electron chi connectivity index (χ3n) is 5.69. The highest BCUT2D eigenvalue weighted by atomic mass is 32.1. The van der Waals surface area contributed by atoms with Crippen LogP contribution in [0.25, 0.3) is 0 Å². The van der Waals surface area contributed by atoms with Gasteiger partial charge in [-0.05, 0) is 61.0 Å². The molecule has 2 rings (SSSR count). The van der Waals surface area contributed by atoms with Crippen molar-refractivity contribution in [2.75, 3.05) is 13.7 Å². The molecular weight excluding hydrogens is 386 g/mol. The van der Waals surface area contributed by atoms with Gasteiger partial charge >= 0.3 is 0 Å². The van der Waals surface area contributed by atoms with Crippen molar-refractivity contribution in [1.82, 2.24) is 16.2 Å². The van der Waals surface area contributed by atoms with Crippen LogP contribution in [0.15, 0.2) is 18.2 Å². The summed E-state index contributed by atoms with van der Waals surface area (Å²) >= 11 is 5.35. The number of methoxy groups -OCH3 is 1. The van der Waals surface area contributed by atoms with Crippen molar-refractivity contribution in [3.8, 4) is 11.5 Å². The molecule has 0 saturated heterocycles. The number of hydrogen-bond acceptors (Lipinski definition) is 4. The molecule has 0 radical (unpaired) electrons. The summed E-state index contributed by atoms with van der Waals surface area (Å²) in [5.41, 5.74) is 5.93. The zero-order valence-corrected chi connectivity index (χ0v) is 19.0. The average molecular weight is 422 g/mol. The normalized spacial score (nSPS) is 21.4. The summed E-state index contributed by atoms with van der Waals surface area (Å²) < 4.78 is 11.1. The highest BCUT2D eigenvalue weighted by Crippen LogP contribution is 2.30. The van der Waals surface area contributed by atoms with E-state index in [1.165, 1.54) is 12.8 Å². The Balaban J connectivity index is 1.87. The van der Waals surface area contributed by atoms with Crippen LogP contribution >= 0.6 is 12.2 Å². The fourth-order valence-corrected chi connectivity index (χ4v) is 3.71. The summed E-state index contributed by atoms with van der Waals surface area (Å²) in [7, 11) is 1.57. The highest BCUT2D eigenvalue weighted by molar-refractivity contribution is 7.80. The molecule has 1 fully saturated rings. The predicted octanol–water partition coefficient (Wildman–Crippen LogP) is 4.05. The highest BCUT2D eigenvalue weighted by Gasteiger charge is 2.27. The first-order chi connectivity index (χ1) is 13.8. The lowest BCUT2D eigenvalue weighted by atomic mass is 9.78. The molecule has 0 aliphatic heterocycles. The third kappa shape index (κ3) is 7.07. The van der Waals surface area contributed by atoms with E-state index in [2.05, 4.69) is 43.9 Å². The van der Waals surface area contributed by atoms with Gasteiger partial charge in [0.25, 0.3) is 5.91 Å². The first-order valence-corrected chi connectivity index (χ1v) is 10.9. The van der Waals surface area contributed by atoms with Gasteiger partial charge in [0.2, 0.25) is 0 Å². The number of benzene rings is 1. The number of hydrazine groups is 1. The van der Waals surface area contributed by atoms with Crippen LogP contribution in [0.2, 0.25) is 0 Å². The largest absolute Gasteiger partial charge is 0.493 e. The molecule has 1 aromatic rings.